The topological polar surface area (TPSA) is 72.3 Å². The summed E-state index contributed by atoms with van der Waals surface area (Å²) in [6.45, 7) is 6.42. The van der Waals surface area contributed by atoms with E-state index in [0.29, 0.717) is 36.6 Å². The number of hydrogen-bond acceptors (Lipinski definition) is 5. The molecule has 0 radical (unpaired) electrons. The molecular weight excluding hydrogens is 636 g/mol. The molecule has 256 valence electrons. The van der Waals surface area contributed by atoms with E-state index in [2.05, 4.69) is 22.9 Å². The summed E-state index contributed by atoms with van der Waals surface area (Å²) in [6, 6.07) is 27.0. The molecule has 10 heteroatoms. The van der Waals surface area contributed by atoms with Crippen LogP contribution < -0.4 is 4.90 Å². The molecular formula is C40H39F2N5O3. The molecule has 1 aromatic heterocycles. The molecule has 5 aromatic rings. The van der Waals surface area contributed by atoms with Crippen molar-refractivity contribution < 1.29 is 23.5 Å². The maximum Gasteiger partial charge on any atom is 0.264 e. The summed E-state index contributed by atoms with van der Waals surface area (Å²) >= 11 is 0. The molecule has 0 unspecified atom stereocenters. The molecule has 4 aromatic carbocycles. The van der Waals surface area contributed by atoms with Gasteiger partial charge in [-0.1, -0.05) is 42.5 Å². The summed E-state index contributed by atoms with van der Waals surface area (Å²) in [4.78, 5) is 36.8. The summed E-state index contributed by atoms with van der Waals surface area (Å²) in [5.74, 6) is -2.92. The number of hydrogen-bond donors (Lipinski definition) is 1. The molecule has 1 saturated heterocycles. The Morgan fingerprint density at radius 1 is 0.820 bits per heavy atom. The van der Waals surface area contributed by atoms with Crippen molar-refractivity contribution in [1.29, 1.82) is 0 Å². The zero-order valence-electron chi connectivity index (χ0n) is 28.1. The Morgan fingerprint density at radius 2 is 1.46 bits per heavy atom. The van der Waals surface area contributed by atoms with Gasteiger partial charge in [0, 0.05) is 74.6 Å². The zero-order chi connectivity index (χ0) is 34.9. The SMILES string of the molecule is Cc1cc(C(=O)N(c2ccccc2)c2ccc(O)cc2)cn1-c1cc(F)c(F)cc1C(=O)N1Cc2ccccc2C[C@H]1CN1CCN(C)CC1. The van der Waals surface area contributed by atoms with Gasteiger partial charge < -0.3 is 19.5 Å². The van der Waals surface area contributed by atoms with E-state index in [1.54, 1.807) is 52.9 Å². The van der Waals surface area contributed by atoms with E-state index in [-0.39, 0.29) is 34.5 Å². The van der Waals surface area contributed by atoms with Crippen molar-refractivity contribution in [3.63, 3.8) is 0 Å². The smallest absolute Gasteiger partial charge is 0.264 e. The van der Waals surface area contributed by atoms with Crippen molar-refractivity contribution in [2.45, 2.75) is 25.9 Å². The lowest BCUT2D eigenvalue weighted by atomic mass is 9.92. The number of aryl methyl sites for hydroxylation is 1. The number of aromatic nitrogens is 1. The summed E-state index contributed by atoms with van der Waals surface area (Å²) in [7, 11) is 2.10. The highest BCUT2D eigenvalue weighted by Gasteiger charge is 2.34. The van der Waals surface area contributed by atoms with Gasteiger partial charge in [-0.15, -0.1) is 0 Å². The summed E-state index contributed by atoms with van der Waals surface area (Å²) in [5, 5.41) is 9.89. The van der Waals surface area contributed by atoms with Crippen LogP contribution >= 0.6 is 0 Å². The van der Waals surface area contributed by atoms with Crippen molar-refractivity contribution in [2.24, 2.45) is 0 Å². The van der Waals surface area contributed by atoms with Crippen LogP contribution in [-0.2, 0) is 13.0 Å². The quantitative estimate of drug-likeness (QED) is 0.212. The summed E-state index contributed by atoms with van der Waals surface area (Å²) in [6.07, 6.45) is 2.21. The number of carbonyl (C=O) groups excluding carboxylic acids is 2. The number of rotatable bonds is 7. The largest absolute Gasteiger partial charge is 0.508 e. The lowest BCUT2D eigenvalue weighted by molar-refractivity contribution is 0.0535. The molecule has 1 atom stereocenters. The monoisotopic (exact) mass is 675 g/mol. The van der Waals surface area contributed by atoms with Crippen molar-refractivity contribution >= 4 is 23.2 Å². The number of amides is 2. The molecule has 2 aliphatic rings. The fourth-order valence-electron chi connectivity index (χ4n) is 7.02. The van der Waals surface area contributed by atoms with Crippen molar-refractivity contribution in [1.82, 2.24) is 19.3 Å². The highest BCUT2D eigenvalue weighted by atomic mass is 19.2. The number of phenols is 1. The number of piperazine rings is 1. The van der Waals surface area contributed by atoms with Crippen LogP contribution in [0.1, 0.15) is 37.5 Å². The predicted molar refractivity (Wildman–Crippen MR) is 189 cm³/mol. The first-order valence-corrected chi connectivity index (χ1v) is 16.8. The van der Waals surface area contributed by atoms with E-state index in [1.165, 1.54) is 22.6 Å². The van der Waals surface area contributed by atoms with E-state index < -0.39 is 17.5 Å². The van der Waals surface area contributed by atoms with E-state index in [1.807, 2.05) is 36.4 Å². The second kappa shape index (κ2) is 13.9. The van der Waals surface area contributed by atoms with E-state index in [0.717, 1.165) is 43.9 Å². The Morgan fingerprint density at radius 3 is 2.18 bits per heavy atom. The van der Waals surface area contributed by atoms with Crippen molar-refractivity contribution in [3.8, 4) is 11.4 Å². The van der Waals surface area contributed by atoms with Gasteiger partial charge in [-0.2, -0.15) is 0 Å². The maximum atomic E-state index is 15.0. The highest BCUT2D eigenvalue weighted by molar-refractivity contribution is 6.11. The highest BCUT2D eigenvalue weighted by Crippen LogP contribution is 2.32. The Kier molecular flexibility index (Phi) is 9.22. The third-order valence-corrected chi connectivity index (χ3v) is 9.79. The summed E-state index contributed by atoms with van der Waals surface area (Å²) < 4.78 is 31.7. The summed E-state index contributed by atoms with van der Waals surface area (Å²) in [5.41, 5.74) is 4.36. The Labute approximate surface area is 290 Å². The number of para-hydroxylation sites is 1. The third-order valence-electron chi connectivity index (χ3n) is 9.79. The van der Waals surface area contributed by atoms with Gasteiger partial charge in [0.15, 0.2) is 11.6 Å². The zero-order valence-corrected chi connectivity index (χ0v) is 28.1. The third kappa shape index (κ3) is 6.64. The average Bonchev–Trinajstić information content (AvgIpc) is 3.52. The Hall–Kier alpha value is -5.32. The normalized spacial score (nSPS) is 16.6. The van der Waals surface area contributed by atoms with Crippen LogP contribution in [0.3, 0.4) is 0 Å². The lowest BCUT2D eigenvalue weighted by Crippen LogP contribution is -2.53. The van der Waals surface area contributed by atoms with Gasteiger partial charge in [-0.05, 0) is 80.1 Å². The van der Waals surface area contributed by atoms with Gasteiger partial charge in [0.2, 0.25) is 0 Å². The fraction of sp³-hybridized carbons (Fsp3) is 0.250. The van der Waals surface area contributed by atoms with Crippen LogP contribution in [0.25, 0.3) is 5.69 Å². The minimum atomic E-state index is -1.12. The van der Waals surface area contributed by atoms with Gasteiger partial charge >= 0.3 is 0 Å². The van der Waals surface area contributed by atoms with Gasteiger partial charge in [0.05, 0.1) is 16.8 Å². The maximum absolute atomic E-state index is 15.0. The molecule has 8 nitrogen and oxygen atoms in total. The molecule has 1 N–H and O–H groups in total. The first-order valence-electron chi connectivity index (χ1n) is 16.8. The average molecular weight is 676 g/mol. The van der Waals surface area contributed by atoms with Gasteiger partial charge in [-0.25, -0.2) is 8.78 Å². The number of halogens is 2. The van der Waals surface area contributed by atoms with E-state index >= 15 is 8.78 Å². The fourth-order valence-corrected chi connectivity index (χ4v) is 7.02. The number of anilines is 2. The molecule has 0 aliphatic carbocycles. The molecule has 0 saturated carbocycles. The Balaban J connectivity index is 1.26. The van der Waals surface area contributed by atoms with Crippen LogP contribution in [0.15, 0.2) is 103 Å². The minimum absolute atomic E-state index is 0.0165. The van der Waals surface area contributed by atoms with Gasteiger partial charge in [-0.3, -0.25) is 19.4 Å². The number of aromatic hydroxyl groups is 1. The van der Waals surface area contributed by atoms with Crippen molar-refractivity contribution in [3.05, 3.63) is 143 Å². The van der Waals surface area contributed by atoms with Crippen LogP contribution in [0.2, 0.25) is 0 Å². The molecule has 50 heavy (non-hydrogen) atoms. The van der Waals surface area contributed by atoms with Crippen molar-refractivity contribution in [2.75, 3.05) is 44.7 Å². The number of phenolic OH excluding ortho intramolecular Hbond substituents is 1. The first kappa shape index (κ1) is 33.2. The number of benzene rings is 4. The number of fused-ring (bicyclic) bond motifs is 1. The molecule has 2 aliphatic heterocycles. The minimum Gasteiger partial charge on any atom is -0.508 e. The molecule has 3 heterocycles. The second-order valence-corrected chi connectivity index (χ2v) is 13.2. The van der Waals surface area contributed by atoms with Crippen LogP contribution in [0, 0.1) is 18.6 Å². The molecule has 0 spiro atoms. The molecule has 1 fully saturated rings. The number of carbonyl (C=O) groups is 2. The van der Waals surface area contributed by atoms with E-state index in [4.69, 9.17) is 0 Å². The second-order valence-electron chi connectivity index (χ2n) is 13.2. The van der Waals surface area contributed by atoms with Crippen LogP contribution in [0.4, 0.5) is 20.2 Å². The number of nitrogens with zero attached hydrogens (tertiary/aromatic N) is 5. The predicted octanol–water partition coefficient (Wildman–Crippen LogP) is 6.56. The van der Waals surface area contributed by atoms with Gasteiger partial charge in [0.25, 0.3) is 11.8 Å². The first-order chi connectivity index (χ1) is 24.2. The van der Waals surface area contributed by atoms with Crippen LogP contribution in [0.5, 0.6) is 5.75 Å². The Bertz CT molecular complexity index is 2020. The molecule has 2 amide bonds. The molecule has 0 bridgehead atoms. The standard InChI is InChI=1S/C40H39F2N5O3/c1-27-20-30(39(49)47(31-10-4-3-5-11-31)32-12-14-34(48)15-13-32)25-45(27)38-23-37(42)36(41)22-35(38)40(50)46-24-29-9-7-6-8-28(29)21-33(46)26-44-18-16-43(2)17-19-44/h3-15,20,22-23,25,33,48H,16-19,21,24,26H2,1-2H3/t33-/m0/s1. The number of likely N-dealkylation sites (N-methyl/N-ethyl adjacent to an activating group) is 1. The van der Waals surface area contributed by atoms with Crippen LogP contribution in [-0.4, -0.2) is 82.0 Å². The molecule has 7 rings (SSSR count). The van der Waals surface area contributed by atoms with E-state index in [9.17, 15) is 14.7 Å². The van der Waals surface area contributed by atoms with Gasteiger partial charge in [0.1, 0.15) is 5.75 Å². The lowest BCUT2D eigenvalue weighted by Gasteiger charge is -2.41.